The van der Waals surface area contributed by atoms with Crippen molar-refractivity contribution in [1.29, 1.82) is 0 Å². The first kappa shape index (κ1) is 17.0. The van der Waals surface area contributed by atoms with E-state index in [4.69, 9.17) is 9.63 Å². The fraction of sp³-hybridized carbons (Fsp3) is 0.556. The van der Waals surface area contributed by atoms with Crippen molar-refractivity contribution in [3.05, 3.63) is 47.4 Å². The molecule has 130 valence electrons. The summed E-state index contributed by atoms with van der Waals surface area (Å²) in [5.74, 6) is 0.847. The molecule has 1 atom stereocenters. The number of hydrogen-bond donors (Lipinski definition) is 1. The molecule has 6 heteroatoms. The van der Waals surface area contributed by atoms with Crippen molar-refractivity contribution in [2.75, 3.05) is 13.2 Å². The number of halogens is 1. The van der Waals surface area contributed by atoms with Gasteiger partial charge in [-0.2, -0.15) is 4.98 Å². The molecule has 0 radical (unpaired) electrons. The van der Waals surface area contributed by atoms with E-state index in [0.717, 1.165) is 25.8 Å². The number of nitrogens with zero attached hydrogens (tertiary/aromatic N) is 3. The Hall–Kier alpha value is -1.79. The smallest absolute Gasteiger partial charge is 0.240 e. The molecule has 24 heavy (non-hydrogen) atoms. The lowest BCUT2D eigenvalue weighted by Gasteiger charge is -2.34. The van der Waals surface area contributed by atoms with Crippen molar-refractivity contribution in [3.8, 4) is 0 Å². The van der Waals surface area contributed by atoms with Gasteiger partial charge in [0.1, 0.15) is 5.82 Å². The molecule has 0 amide bonds. The summed E-state index contributed by atoms with van der Waals surface area (Å²) in [7, 11) is 0. The molecule has 0 saturated carbocycles. The van der Waals surface area contributed by atoms with Gasteiger partial charge in [0.2, 0.25) is 5.89 Å². The number of hydrogen-bond acceptors (Lipinski definition) is 5. The van der Waals surface area contributed by atoms with Crippen molar-refractivity contribution >= 4 is 0 Å². The summed E-state index contributed by atoms with van der Waals surface area (Å²) in [5, 5.41) is 13.0. The first-order valence-electron chi connectivity index (χ1n) is 8.66. The summed E-state index contributed by atoms with van der Waals surface area (Å²) < 4.78 is 19.1. The molecule has 3 rings (SSSR count). The number of rotatable bonds is 7. The van der Waals surface area contributed by atoms with Crippen molar-refractivity contribution < 1.29 is 14.0 Å². The molecule has 0 aliphatic carbocycles. The zero-order chi connectivity index (χ0) is 16.8. The Morgan fingerprint density at radius 2 is 2.17 bits per heavy atom. The van der Waals surface area contributed by atoms with Crippen LogP contribution in [0.15, 0.2) is 28.8 Å². The minimum absolute atomic E-state index is 0.234. The molecular formula is C18H24FN3O2. The lowest BCUT2D eigenvalue weighted by molar-refractivity contribution is 0.110. The Kier molecular flexibility index (Phi) is 5.93. The van der Waals surface area contributed by atoms with Crippen molar-refractivity contribution in [3.63, 3.8) is 0 Å². The van der Waals surface area contributed by atoms with Crippen LogP contribution in [0.5, 0.6) is 0 Å². The van der Waals surface area contributed by atoms with Crippen LogP contribution in [0.25, 0.3) is 0 Å². The van der Waals surface area contributed by atoms with Crippen LogP contribution in [0.2, 0.25) is 0 Å². The van der Waals surface area contributed by atoms with Crippen LogP contribution in [-0.2, 0) is 13.0 Å². The molecule has 1 saturated heterocycles. The summed E-state index contributed by atoms with van der Waals surface area (Å²) in [6, 6.07) is 7.12. The molecule has 2 aromatic rings. The zero-order valence-electron chi connectivity index (χ0n) is 13.8. The van der Waals surface area contributed by atoms with Gasteiger partial charge in [-0.15, -0.1) is 0 Å². The highest BCUT2D eigenvalue weighted by Gasteiger charge is 2.24. The van der Waals surface area contributed by atoms with E-state index in [1.165, 1.54) is 18.9 Å². The zero-order valence-corrected chi connectivity index (χ0v) is 13.8. The molecule has 5 nitrogen and oxygen atoms in total. The first-order chi connectivity index (χ1) is 11.8. The topological polar surface area (TPSA) is 62.4 Å². The molecule has 1 unspecified atom stereocenters. The van der Waals surface area contributed by atoms with Crippen LogP contribution in [0, 0.1) is 5.82 Å². The minimum atomic E-state index is -0.246. The highest BCUT2D eigenvalue weighted by molar-refractivity contribution is 5.20. The molecule has 2 heterocycles. The number of aliphatic hydroxyl groups is 1. The van der Waals surface area contributed by atoms with Crippen LogP contribution < -0.4 is 0 Å². The van der Waals surface area contributed by atoms with E-state index < -0.39 is 0 Å². The van der Waals surface area contributed by atoms with Gasteiger partial charge in [-0.1, -0.05) is 29.8 Å². The predicted molar refractivity (Wildman–Crippen MR) is 87.9 cm³/mol. The quantitative estimate of drug-likeness (QED) is 0.844. The third-order valence-corrected chi connectivity index (χ3v) is 4.60. The number of likely N-dealkylation sites (tertiary alicyclic amines) is 1. The van der Waals surface area contributed by atoms with Crippen LogP contribution in [0.1, 0.15) is 49.4 Å². The predicted octanol–water partition coefficient (Wildman–Crippen LogP) is 2.93. The Morgan fingerprint density at radius 1 is 1.29 bits per heavy atom. The van der Waals surface area contributed by atoms with Crippen molar-refractivity contribution in [2.24, 2.45) is 0 Å². The molecular weight excluding hydrogens is 309 g/mol. The van der Waals surface area contributed by atoms with Crippen LogP contribution in [-0.4, -0.2) is 39.3 Å². The van der Waals surface area contributed by atoms with Crippen LogP contribution in [0.4, 0.5) is 4.39 Å². The second kappa shape index (κ2) is 8.35. The maximum absolute atomic E-state index is 13.7. The first-order valence-corrected chi connectivity index (χ1v) is 8.66. The third-order valence-electron chi connectivity index (χ3n) is 4.60. The highest BCUT2D eigenvalue weighted by atomic mass is 19.1. The lowest BCUT2D eigenvalue weighted by atomic mass is 9.98. The highest BCUT2D eigenvalue weighted by Crippen LogP contribution is 2.22. The number of aliphatic hydroxyl groups excluding tert-OH is 1. The van der Waals surface area contributed by atoms with E-state index in [0.29, 0.717) is 36.3 Å². The molecule has 0 spiro atoms. The number of benzene rings is 1. The third kappa shape index (κ3) is 4.39. The molecule has 1 N–H and O–H groups in total. The van der Waals surface area contributed by atoms with E-state index in [1.807, 2.05) is 0 Å². The summed E-state index contributed by atoms with van der Waals surface area (Å²) in [5.41, 5.74) is 0.573. The van der Waals surface area contributed by atoms with E-state index in [1.54, 1.807) is 18.2 Å². The second-order valence-corrected chi connectivity index (χ2v) is 6.36. The molecule has 1 aliphatic rings. The number of aromatic nitrogens is 2. The number of piperidine rings is 1. The molecule has 1 aromatic heterocycles. The summed E-state index contributed by atoms with van der Waals surface area (Å²) in [4.78, 5) is 6.78. The van der Waals surface area contributed by atoms with Crippen molar-refractivity contribution in [2.45, 2.75) is 51.1 Å². The maximum Gasteiger partial charge on any atom is 0.240 e. The van der Waals surface area contributed by atoms with Gasteiger partial charge in [0.05, 0.1) is 6.54 Å². The van der Waals surface area contributed by atoms with Gasteiger partial charge in [-0.25, -0.2) is 4.39 Å². The van der Waals surface area contributed by atoms with Gasteiger partial charge in [-0.05, 0) is 43.9 Å². The minimum Gasteiger partial charge on any atom is -0.396 e. The molecule has 1 fully saturated rings. The Balaban J connectivity index is 1.61. The van der Waals surface area contributed by atoms with E-state index in [9.17, 15) is 4.39 Å². The van der Waals surface area contributed by atoms with Gasteiger partial charge in [0, 0.05) is 19.1 Å². The fourth-order valence-corrected chi connectivity index (χ4v) is 3.33. The molecule has 1 aliphatic heterocycles. The van der Waals surface area contributed by atoms with E-state index >= 15 is 0 Å². The fourth-order valence-electron chi connectivity index (χ4n) is 3.33. The molecule has 0 bridgehead atoms. The average Bonchev–Trinajstić information content (AvgIpc) is 3.03. The van der Waals surface area contributed by atoms with E-state index in [-0.39, 0.29) is 12.4 Å². The second-order valence-electron chi connectivity index (χ2n) is 6.36. The van der Waals surface area contributed by atoms with Crippen molar-refractivity contribution in [1.82, 2.24) is 15.0 Å². The summed E-state index contributed by atoms with van der Waals surface area (Å²) in [6.07, 6.45) is 5.71. The Morgan fingerprint density at radius 3 is 3.00 bits per heavy atom. The maximum atomic E-state index is 13.7. The monoisotopic (exact) mass is 333 g/mol. The van der Waals surface area contributed by atoms with Gasteiger partial charge >= 0.3 is 0 Å². The van der Waals surface area contributed by atoms with Crippen LogP contribution >= 0.6 is 0 Å². The summed E-state index contributed by atoms with van der Waals surface area (Å²) >= 11 is 0. The van der Waals surface area contributed by atoms with Crippen LogP contribution in [0.3, 0.4) is 0 Å². The molecule has 1 aromatic carbocycles. The van der Waals surface area contributed by atoms with Gasteiger partial charge in [-0.3, -0.25) is 4.90 Å². The summed E-state index contributed by atoms with van der Waals surface area (Å²) in [6.45, 7) is 1.87. The Bertz CT molecular complexity index is 647. The lowest BCUT2D eigenvalue weighted by Crippen LogP contribution is -2.39. The van der Waals surface area contributed by atoms with Gasteiger partial charge in [0.25, 0.3) is 0 Å². The SMILES string of the molecule is OCCCC1CCCCN1Cc1nc(Cc2ccccc2F)no1. The van der Waals surface area contributed by atoms with Gasteiger partial charge in [0.15, 0.2) is 5.82 Å². The van der Waals surface area contributed by atoms with E-state index in [2.05, 4.69) is 15.0 Å². The largest absolute Gasteiger partial charge is 0.396 e. The normalized spacial score (nSPS) is 18.8. The van der Waals surface area contributed by atoms with Gasteiger partial charge < -0.3 is 9.63 Å². The average molecular weight is 333 g/mol. The standard InChI is InChI=1S/C18H24FN3O2/c19-16-9-2-1-6-14(16)12-17-20-18(24-21-17)13-22-10-4-3-7-15(22)8-5-11-23/h1-2,6,9,15,23H,3-5,7-8,10-13H2. The Labute approximate surface area is 141 Å².